The molecule has 0 radical (unpaired) electrons. The Hall–Kier alpha value is -1.35. The third-order valence-electron chi connectivity index (χ3n) is 4.37. The molecule has 1 aromatic carbocycles. The van der Waals surface area contributed by atoms with Crippen LogP contribution in [0.4, 0.5) is 0 Å². The summed E-state index contributed by atoms with van der Waals surface area (Å²) in [6.45, 7) is 4.28. The van der Waals surface area contributed by atoms with Gasteiger partial charge in [-0.1, -0.05) is 24.3 Å². The molecule has 2 aromatic rings. The van der Waals surface area contributed by atoms with E-state index in [2.05, 4.69) is 48.2 Å². The second-order valence-electron chi connectivity index (χ2n) is 6.17. The highest BCUT2D eigenvalue weighted by atomic mass is 35.5. The van der Waals surface area contributed by atoms with E-state index in [0.29, 0.717) is 12.0 Å². The lowest BCUT2D eigenvalue weighted by atomic mass is 9.93. The van der Waals surface area contributed by atoms with Crippen LogP contribution in [-0.2, 0) is 12.8 Å². The number of alkyl halides is 1. The van der Waals surface area contributed by atoms with E-state index >= 15 is 0 Å². The van der Waals surface area contributed by atoms with Gasteiger partial charge in [-0.25, -0.2) is 9.67 Å². The molecule has 1 heterocycles. The fourth-order valence-corrected chi connectivity index (χ4v) is 3.71. The zero-order valence-electron chi connectivity index (χ0n) is 12.7. The molecule has 0 aliphatic heterocycles. The van der Waals surface area contributed by atoms with E-state index in [-0.39, 0.29) is 5.38 Å². The van der Waals surface area contributed by atoms with Gasteiger partial charge in [-0.05, 0) is 50.2 Å². The number of aryl methyl sites for hydroxylation is 1. The first-order chi connectivity index (χ1) is 10.2. The predicted octanol–water partition coefficient (Wildman–Crippen LogP) is 4.33. The summed E-state index contributed by atoms with van der Waals surface area (Å²) in [5, 5.41) is 4.41. The lowest BCUT2D eigenvalue weighted by molar-refractivity contribution is 0.423. The first-order valence-corrected chi connectivity index (χ1v) is 8.20. The van der Waals surface area contributed by atoms with Crippen LogP contribution >= 0.6 is 11.6 Å². The summed E-state index contributed by atoms with van der Waals surface area (Å²) >= 11 is 6.81. The molecular formula is C17H22ClN3. The van der Waals surface area contributed by atoms with Crippen molar-refractivity contribution >= 4 is 11.6 Å². The van der Waals surface area contributed by atoms with Gasteiger partial charge in [0.25, 0.3) is 0 Å². The van der Waals surface area contributed by atoms with E-state index in [4.69, 9.17) is 11.6 Å². The average Bonchev–Trinajstić information content (AvgIpc) is 2.88. The van der Waals surface area contributed by atoms with Gasteiger partial charge < -0.3 is 0 Å². The van der Waals surface area contributed by atoms with Gasteiger partial charge in [0.15, 0.2) is 0 Å². The average molecular weight is 304 g/mol. The largest absolute Gasteiger partial charge is 0.248 e. The molecule has 3 rings (SSSR count). The van der Waals surface area contributed by atoms with Crippen molar-refractivity contribution in [2.75, 3.05) is 0 Å². The third kappa shape index (κ3) is 2.98. The molecule has 0 fully saturated rings. The minimum absolute atomic E-state index is 0.0704. The highest BCUT2D eigenvalue weighted by Gasteiger charge is 2.27. The molecular weight excluding hydrogens is 282 g/mol. The normalized spacial score (nSPS) is 22.1. The van der Waals surface area contributed by atoms with E-state index in [1.807, 2.05) is 4.68 Å². The Morgan fingerprint density at radius 3 is 2.95 bits per heavy atom. The number of hydrogen-bond acceptors (Lipinski definition) is 2. The summed E-state index contributed by atoms with van der Waals surface area (Å²) in [7, 11) is 0. The zero-order chi connectivity index (χ0) is 14.8. The van der Waals surface area contributed by atoms with Crippen LogP contribution < -0.4 is 0 Å². The monoisotopic (exact) mass is 303 g/mol. The molecule has 112 valence electrons. The van der Waals surface area contributed by atoms with Gasteiger partial charge in [0, 0.05) is 12.5 Å². The molecule has 3 nitrogen and oxygen atoms in total. The molecule has 1 aliphatic carbocycles. The van der Waals surface area contributed by atoms with Crippen LogP contribution in [0.25, 0.3) is 0 Å². The molecule has 2 unspecified atom stereocenters. The van der Waals surface area contributed by atoms with Crippen LogP contribution in [0.5, 0.6) is 0 Å². The van der Waals surface area contributed by atoms with E-state index < -0.39 is 0 Å². The molecule has 0 bridgehead atoms. The Morgan fingerprint density at radius 2 is 2.14 bits per heavy atom. The van der Waals surface area contributed by atoms with Gasteiger partial charge in [-0.15, -0.1) is 11.6 Å². The van der Waals surface area contributed by atoms with E-state index in [1.165, 1.54) is 17.5 Å². The van der Waals surface area contributed by atoms with Crippen molar-refractivity contribution in [2.45, 2.75) is 50.9 Å². The maximum atomic E-state index is 6.81. The van der Waals surface area contributed by atoms with Gasteiger partial charge in [-0.3, -0.25) is 0 Å². The lowest BCUT2D eigenvalue weighted by Gasteiger charge is -2.21. The highest BCUT2D eigenvalue weighted by molar-refractivity contribution is 6.21. The number of rotatable bonds is 3. The molecule has 0 saturated carbocycles. The highest BCUT2D eigenvalue weighted by Crippen LogP contribution is 2.39. The Balaban J connectivity index is 1.84. The molecule has 0 spiro atoms. The third-order valence-corrected chi connectivity index (χ3v) is 4.96. The SMILES string of the molecule is CC(C)n1ncnc1CC1CCCc2ccccc2C1Cl. The summed E-state index contributed by atoms with van der Waals surface area (Å²) < 4.78 is 2.01. The Kier molecular flexibility index (Phi) is 4.29. The minimum Gasteiger partial charge on any atom is -0.248 e. The zero-order valence-corrected chi connectivity index (χ0v) is 13.4. The van der Waals surface area contributed by atoms with Crippen LogP contribution in [0.3, 0.4) is 0 Å². The Morgan fingerprint density at radius 1 is 1.33 bits per heavy atom. The van der Waals surface area contributed by atoms with Crippen molar-refractivity contribution in [2.24, 2.45) is 5.92 Å². The van der Waals surface area contributed by atoms with Crippen molar-refractivity contribution < 1.29 is 0 Å². The maximum absolute atomic E-state index is 6.81. The fourth-order valence-electron chi connectivity index (χ4n) is 3.28. The summed E-state index contributed by atoms with van der Waals surface area (Å²) in [5.41, 5.74) is 2.71. The number of fused-ring (bicyclic) bond motifs is 1. The van der Waals surface area contributed by atoms with Crippen LogP contribution in [0.2, 0.25) is 0 Å². The Labute approximate surface area is 131 Å². The summed E-state index contributed by atoms with van der Waals surface area (Å²) in [4.78, 5) is 4.45. The number of benzene rings is 1. The molecule has 2 atom stereocenters. The number of hydrogen-bond donors (Lipinski definition) is 0. The topological polar surface area (TPSA) is 30.7 Å². The van der Waals surface area contributed by atoms with Gasteiger partial charge in [-0.2, -0.15) is 5.10 Å². The van der Waals surface area contributed by atoms with Gasteiger partial charge in [0.05, 0.1) is 5.38 Å². The second-order valence-corrected chi connectivity index (χ2v) is 6.64. The van der Waals surface area contributed by atoms with Gasteiger partial charge in [0.2, 0.25) is 0 Å². The van der Waals surface area contributed by atoms with E-state index in [1.54, 1.807) is 6.33 Å². The lowest BCUT2D eigenvalue weighted by Crippen LogP contribution is -2.16. The van der Waals surface area contributed by atoms with E-state index in [0.717, 1.165) is 25.1 Å². The van der Waals surface area contributed by atoms with Crippen LogP contribution in [0.1, 0.15) is 55.1 Å². The van der Waals surface area contributed by atoms with E-state index in [9.17, 15) is 0 Å². The van der Waals surface area contributed by atoms with Crippen LogP contribution in [0.15, 0.2) is 30.6 Å². The second kappa shape index (κ2) is 6.18. The fraction of sp³-hybridized carbons (Fsp3) is 0.529. The van der Waals surface area contributed by atoms with Crippen molar-refractivity contribution in [3.05, 3.63) is 47.5 Å². The predicted molar refractivity (Wildman–Crippen MR) is 85.6 cm³/mol. The number of aromatic nitrogens is 3. The first kappa shape index (κ1) is 14.6. The Bertz CT molecular complexity index is 606. The minimum atomic E-state index is 0.0704. The van der Waals surface area contributed by atoms with Crippen molar-refractivity contribution in [3.8, 4) is 0 Å². The molecule has 0 N–H and O–H groups in total. The number of halogens is 1. The summed E-state index contributed by atoms with van der Waals surface area (Å²) in [6.07, 6.45) is 6.03. The molecule has 0 amide bonds. The number of nitrogens with zero attached hydrogens (tertiary/aromatic N) is 3. The van der Waals surface area contributed by atoms with Gasteiger partial charge >= 0.3 is 0 Å². The smallest absolute Gasteiger partial charge is 0.138 e. The van der Waals surface area contributed by atoms with Gasteiger partial charge in [0.1, 0.15) is 12.2 Å². The molecule has 4 heteroatoms. The molecule has 21 heavy (non-hydrogen) atoms. The first-order valence-electron chi connectivity index (χ1n) is 7.77. The molecule has 0 saturated heterocycles. The standard InChI is InChI=1S/C17H22ClN3/c1-12(2)21-16(19-11-20-21)10-14-8-5-7-13-6-3-4-9-15(13)17(14)18/h3-4,6,9,11-12,14,17H,5,7-8,10H2,1-2H3. The maximum Gasteiger partial charge on any atom is 0.138 e. The van der Waals surface area contributed by atoms with Crippen LogP contribution in [-0.4, -0.2) is 14.8 Å². The molecule has 1 aliphatic rings. The summed E-state index contributed by atoms with van der Waals surface area (Å²) in [5.74, 6) is 1.48. The summed E-state index contributed by atoms with van der Waals surface area (Å²) in [6, 6.07) is 8.93. The van der Waals surface area contributed by atoms with Crippen LogP contribution in [0, 0.1) is 5.92 Å². The van der Waals surface area contributed by atoms with Crippen molar-refractivity contribution in [1.82, 2.24) is 14.8 Å². The van der Waals surface area contributed by atoms with Crippen molar-refractivity contribution in [1.29, 1.82) is 0 Å². The quantitative estimate of drug-likeness (QED) is 0.624. The van der Waals surface area contributed by atoms with Crippen molar-refractivity contribution in [3.63, 3.8) is 0 Å². The molecule has 1 aromatic heterocycles.